The number of hydrogen-bond acceptors (Lipinski definition) is 5. The fourth-order valence-electron chi connectivity index (χ4n) is 3.16. The van der Waals surface area contributed by atoms with Gasteiger partial charge in [-0.2, -0.15) is 5.10 Å². The Labute approximate surface area is 185 Å². The van der Waals surface area contributed by atoms with E-state index >= 15 is 0 Å². The SMILES string of the molecule is COC(Cn1cc2ccc(NC(=O)Nc3ccc(Oc4ccccc4)cc3)cc2n1)OC. The van der Waals surface area contributed by atoms with Gasteiger partial charge in [-0.3, -0.25) is 4.68 Å². The molecule has 0 saturated heterocycles. The second kappa shape index (κ2) is 9.95. The van der Waals surface area contributed by atoms with E-state index in [9.17, 15) is 4.79 Å². The van der Waals surface area contributed by atoms with Crippen molar-refractivity contribution in [2.24, 2.45) is 0 Å². The summed E-state index contributed by atoms with van der Waals surface area (Å²) < 4.78 is 17.9. The highest BCUT2D eigenvalue weighted by atomic mass is 16.7. The first-order valence-electron chi connectivity index (χ1n) is 10.1. The van der Waals surface area contributed by atoms with Crippen molar-refractivity contribution >= 4 is 28.3 Å². The first-order valence-corrected chi connectivity index (χ1v) is 10.1. The number of fused-ring (bicyclic) bond motifs is 1. The van der Waals surface area contributed by atoms with Crippen molar-refractivity contribution < 1.29 is 19.0 Å². The average molecular weight is 432 g/mol. The molecule has 0 aliphatic rings. The Balaban J connectivity index is 1.36. The molecule has 8 nitrogen and oxygen atoms in total. The predicted octanol–water partition coefficient (Wildman–Crippen LogP) is 5.09. The number of para-hydroxylation sites is 1. The van der Waals surface area contributed by atoms with E-state index in [-0.39, 0.29) is 12.3 Å². The van der Waals surface area contributed by atoms with Gasteiger partial charge in [0, 0.05) is 37.2 Å². The van der Waals surface area contributed by atoms with Gasteiger partial charge in [0.2, 0.25) is 0 Å². The van der Waals surface area contributed by atoms with Crippen LogP contribution in [0.15, 0.2) is 79.0 Å². The fourth-order valence-corrected chi connectivity index (χ4v) is 3.16. The summed E-state index contributed by atoms with van der Waals surface area (Å²) in [5, 5.41) is 11.1. The minimum absolute atomic E-state index is 0.348. The van der Waals surface area contributed by atoms with Crippen molar-refractivity contribution in [3.8, 4) is 11.5 Å². The van der Waals surface area contributed by atoms with Gasteiger partial charge in [-0.1, -0.05) is 18.2 Å². The van der Waals surface area contributed by atoms with Gasteiger partial charge in [0.1, 0.15) is 11.5 Å². The van der Waals surface area contributed by atoms with Gasteiger partial charge in [0.25, 0.3) is 0 Å². The highest BCUT2D eigenvalue weighted by molar-refractivity contribution is 6.00. The molecule has 0 aliphatic heterocycles. The summed E-state index contributed by atoms with van der Waals surface area (Å²) in [6.45, 7) is 0.467. The van der Waals surface area contributed by atoms with Crippen LogP contribution in [0.3, 0.4) is 0 Å². The van der Waals surface area contributed by atoms with Gasteiger partial charge in [-0.25, -0.2) is 4.79 Å². The normalized spacial score (nSPS) is 11.0. The van der Waals surface area contributed by atoms with Crippen molar-refractivity contribution in [3.05, 3.63) is 79.0 Å². The molecule has 8 heteroatoms. The van der Waals surface area contributed by atoms with E-state index in [1.807, 2.05) is 54.7 Å². The molecule has 3 aromatic carbocycles. The lowest BCUT2D eigenvalue weighted by Gasteiger charge is -2.12. The van der Waals surface area contributed by atoms with Crippen LogP contribution in [0.5, 0.6) is 11.5 Å². The van der Waals surface area contributed by atoms with Crippen LogP contribution < -0.4 is 15.4 Å². The van der Waals surface area contributed by atoms with Gasteiger partial charge in [-0.05, 0) is 54.6 Å². The van der Waals surface area contributed by atoms with Crippen LogP contribution in [0.1, 0.15) is 0 Å². The van der Waals surface area contributed by atoms with Crippen LogP contribution in [-0.2, 0) is 16.0 Å². The molecule has 0 unspecified atom stereocenters. The highest BCUT2D eigenvalue weighted by Gasteiger charge is 2.10. The zero-order valence-corrected chi connectivity index (χ0v) is 17.8. The van der Waals surface area contributed by atoms with E-state index in [1.165, 1.54) is 0 Å². The number of ether oxygens (including phenoxy) is 3. The predicted molar refractivity (Wildman–Crippen MR) is 123 cm³/mol. The lowest BCUT2D eigenvalue weighted by molar-refractivity contribution is -0.112. The Morgan fingerprint density at radius 1 is 0.906 bits per heavy atom. The minimum Gasteiger partial charge on any atom is -0.457 e. The van der Waals surface area contributed by atoms with E-state index in [4.69, 9.17) is 14.2 Å². The van der Waals surface area contributed by atoms with Crippen LogP contribution in [0.2, 0.25) is 0 Å². The first kappa shape index (κ1) is 21.4. The van der Waals surface area contributed by atoms with E-state index in [0.717, 1.165) is 16.7 Å². The van der Waals surface area contributed by atoms with E-state index < -0.39 is 0 Å². The van der Waals surface area contributed by atoms with Gasteiger partial charge in [0.15, 0.2) is 6.29 Å². The van der Waals surface area contributed by atoms with Crippen LogP contribution in [0.25, 0.3) is 10.9 Å². The Bertz CT molecular complexity index is 1170. The average Bonchev–Trinajstić information content (AvgIpc) is 3.21. The number of anilines is 2. The lowest BCUT2D eigenvalue weighted by Crippen LogP contribution is -2.20. The maximum Gasteiger partial charge on any atom is 0.323 e. The summed E-state index contributed by atoms with van der Waals surface area (Å²) in [4.78, 5) is 12.4. The molecule has 0 radical (unpaired) electrons. The number of hydrogen-bond donors (Lipinski definition) is 2. The molecule has 0 aliphatic carbocycles. The molecular formula is C24H24N4O4. The highest BCUT2D eigenvalue weighted by Crippen LogP contribution is 2.23. The van der Waals surface area contributed by atoms with Crippen LogP contribution in [0, 0.1) is 0 Å². The molecule has 4 rings (SSSR count). The van der Waals surface area contributed by atoms with Crippen molar-refractivity contribution in [3.63, 3.8) is 0 Å². The molecule has 0 fully saturated rings. The number of carbonyl (C=O) groups excluding carboxylic acids is 1. The quantitative estimate of drug-likeness (QED) is 0.379. The van der Waals surface area contributed by atoms with E-state index in [1.54, 1.807) is 43.2 Å². The summed E-state index contributed by atoms with van der Waals surface area (Å²) in [5.74, 6) is 1.44. The number of methoxy groups -OCH3 is 2. The number of benzene rings is 3. The topological polar surface area (TPSA) is 86.6 Å². The Kier molecular flexibility index (Phi) is 6.64. The summed E-state index contributed by atoms with van der Waals surface area (Å²) in [6, 6.07) is 21.9. The molecule has 4 aromatic rings. The number of carbonyl (C=O) groups is 1. The van der Waals surface area contributed by atoms with E-state index in [2.05, 4.69) is 15.7 Å². The van der Waals surface area contributed by atoms with Crippen LogP contribution >= 0.6 is 0 Å². The molecule has 2 amide bonds. The van der Waals surface area contributed by atoms with Gasteiger partial charge >= 0.3 is 6.03 Å². The first-order chi connectivity index (χ1) is 15.6. The zero-order valence-electron chi connectivity index (χ0n) is 17.8. The molecule has 0 spiro atoms. The smallest absolute Gasteiger partial charge is 0.323 e. The number of nitrogens with zero attached hydrogens (tertiary/aromatic N) is 2. The third-order valence-corrected chi connectivity index (χ3v) is 4.77. The van der Waals surface area contributed by atoms with Crippen LogP contribution in [0.4, 0.5) is 16.2 Å². The molecule has 1 aromatic heterocycles. The van der Waals surface area contributed by atoms with Gasteiger partial charge in [0.05, 0.1) is 12.1 Å². The van der Waals surface area contributed by atoms with Crippen LogP contribution in [-0.4, -0.2) is 36.3 Å². The second-order valence-electron chi connectivity index (χ2n) is 7.04. The Morgan fingerprint density at radius 3 is 2.28 bits per heavy atom. The van der Waals surface area contributed by atoms with Gasteiger partial charge < -0.3 is 24.8 Å². The molecule has 2 N–H and O–H groups in total. The Hall–Kier alpha value is -3.88. The molecular weight excluding hydrogens is 408 g/mol. The summed E-state index contributed by atoms with van der Waals surface area (Å²) >= 11 is 0. The fraction of sp³-hybridized carbons (Fsp3) is 0.167. The molecule has 164 valence electrons. The number of nitrogens with one attached hydrogen (secondary N) is 2. The largest absolute Gasteiger partial charge is 0.457 e. The molecule has 1 heterocycles. The number of urea groups is 1. The zero-order chi connectivity index (χ0) is 22.3. The minimum atomic E-state index is -0.378. The summed E-state index contributed by atoms with van der Waals surface area (Å²) in [7, 11) is 3.17. The van der Waals surface area contributed by atoms with E-state index in [0.29, 0.717) is 23.7 Å². The molecule has 0 atom stereocenters. The maximum absolute atomic E-state index is 12.4. The Morgan fingerprint density at radius 2 is 1.56 bits per heavy atom. The van der Waals surface area contributed by atoms with Crippen molar-refractivity contribution in [1.82, 2.24) is 9.78 Å². The maximum atomic E-state index is 12.4. The van der Waals surface area contributed by atoms with Crippen molar-refractivity contribution in [2.75, 3.05) is 24.9 Å². The number of amides is 2. The molecule has 0 bridgehead atoms. The van der Waals surface area contributed by atoms with Gasteiger partial charge in [-0.15, -0.1) is 0 Å². The number of rotatable bonds is 8. The standard InChI is InChI=1S/C24H24N4O4/c1-30-23(31-2)16-28-15-17-8-9-19(14-22(17)27-28)26-24(29)25-18-10-12-21(13-11-18)32-20-6-4-3-5-7-20/h3-15,23H,16H2,1-2H3,(H2,25,26,29). The lowest BCUT2D eigenvalue weighted by atomic mass is 10.2. The number of aromatic nitrogens is 2. The summed E-state index contributed by atoms with van der Waals surface area (Å²) in [5.41, 5.74) is 2.05. The second-order valence-corrected chi connectivity index (χ2v) is 7.04. The molecule has 0 saturated carbocycles. The monoisotopic (exact) mass is 432 g/mol. The molecule has 32 heavy (non-hydrogen) atoms. The third kappa shape index (κ3) is 5.42. The third-order valence-electron chi connectivity index (χ3n) is 4.77. The van der Waals surface area contributed by atoms with Crippen molar-refractivity contribution in [1.29, 1.82) is 0 Å². The summed E-state index contributed by atoms with van der Waals surface area (Å²) in [6.07, 6.45) is 1.53. The van der Waals surface area contributed by atoms with Crippen molar-refractivity contribution in [2.45, 2.75) is 12.8 Å².